The first-order valence-electron chi connectivity index (χ1n) is 10.2. The zero-order chi connectivity index (χ0) is 23.1. The van der Waals surface area contributed by atoms with E-state index in [-0.39, 0.29) is 17.7 Å². The van der Waals surface area contributed by atoms with Gasteiger partial charge < -0.3 is 16.0 Å². The summed E-state index contributed by atoms with van der Waals surface area (Å²) in [6, 6.07) is 18.5. The summed E-state index contributed by atoms with van der Waals surface area (Å²) in [4.78, 5) is 36.8. The zero-order valence-electron chi connectivity index (χ0n) is 17.8. The lowest BCUT2D eigenvalue weighted by atomic mass is 10.1. The lowest BCUT2D eigenvalue weighted by Gasteiger charge is -2.10. The van der Waals surface area contributed by atoms with Gasteiger partial charge in [0.2, 0.25) is 5.91 Å². The third-order valence-corrected chi connectivity index (χ3v) is 4.51. The van der Waals surface area contributed by atoms with Crippen molar-refractivity contribution in [2.75, 3.05) is 16.0 Å². The molecule has 0 fully saturated rings. The van der Waals surface area contributed by atoms with Gasteiger partial charge in [0.1, 0.15) is 5.82 Å². The maximum atomic E-state index is 13.0. The number of carbonyl (C=O) groups excluding carboxylic acids is 3. The number of benzene rings is 3. The molecule has 0 aliphatic heterocycles. The Hall–Kier alpha value is -4.00. The predicted molar refractivity (Wildman–Crippen MR) is 123 cm³/mol. The van der Waals surface area contributed by atoms with Crippen molar-refractivity contribution in [3.8, 4) is 0 Å². The van der Waals surface area contributed by atoms with Crippen molar-refractivity contribution in [1.29, 1.82) is 0 Å². The summed E-state index contributed by atoms with van der Waals surface area (Å²) in [5.74, 6) is -0.968. The van der Waals surface area contributed by atoms with Crippen LogP contribution in [0.5, 0.6) is 0 Å². The molecular weight excluding hydrogens is 409 g/mol. The number of amides is 3. The molecule has 3 rings (SSSR count). The van der Waals surface area contributed by atoms with Crippen LogP contribution >= 0.6 is 0 Å². The highest BCUT2D eigenvalue weighted by molar-refractivity contribution is 6.07. The van der Waals surface area contributed by atoms with Gasteiger partial charge in [0, 0.05) is 34.6 Å². The Morgan fingerprint density at radius 2 is 1.28 bits per heavy atom. The molecule has 0 spiro atoms. The SMILES string of the molecule is CC(C)CC(=O)Nc1ccc(NC(=O)c2cccc(NC(=O)c3ccc(F)cc3)c2)cc1. The van der Waals surface area contributed by atoms with E-state index in [4.69, 9.17) is 0 Å². The molecule has 0 bridgehead atoms. The quantitative estimate of drug-likeness (QED) is 0.472. The zero-order valence-corrected chi connectivity index (χ0v) is 17.8. The van der Waals surface area contributed by atoms with Gasteiger partial charge in [0.05, 0.1) is 0 Å². The van der Waals surface area contributed by atoms with Crippen molar-refractivity contribution in [1.82, 2.24) is 0 Å². The maximum Gasteiger partial charge on any atom is 0.255 e. The predicted octanol–water partition coefficient (Wildman–Crippen LogP) is 5.31. The highest BCUT2D eigenvalue weighted by Crippen LogP contribution is 2.17. The largest absolute Gasteiger partial charge is 0.326 e. The normalized spacial score (nSPS) is 10.5. The van der Waals surface area contributed by atoms with Crippen molar-refractivity contribution in [2.24, 2.45) is 5.92 Å². The minimum atomic E-state index is -0.425. The first-order chi connectivity index (χ1) is 15.3. The molecule has 0 aromatic heterocycles. The van der Waals surface area contributed by atoms with E-state index >= 15 is 0 Å². The van der Waals surface area contributed by atoms with Gasteiger partial charge in [-0.3, -0.25) is 14.4 Å². The van der Waals surface area contributed by atoms with E-state index in [9.17, 15) is 18.8 Å². The molecule has 3 aromatic carbocycles. The Morgan fingerprint density at radius 3 is 1.91 bits per heavy atom. The summed E-state index contributed by atoms with van der Waals surface area (Å²) in [6.45, 7) is 3.95. The van der Waals surface area contributed by atoms with Crippen molar-refractivity contribution in [3.63, 3.8) is 0 Å². The maximum absolute atomic E-state index is 13.0. The van der Waals surface area contributed by atoms with E-state index < -0.39 is 11.7 Å². The molecule has 0 atom stereocenters. The Bertz CT molecular complexity index is 1110. The minimum absolute atomic E-state index is 0.0590. The summed E-state index contributed by atoms with van der Waals surface area (Å²) in [5.41, 5.74) is 2.32. The second-order valence-corrected chi connectivity index (χ2v) is 7.72. The molecule has 0 unspecified atom stereocenters. The Balaban J connectivity index is 1.61. The average molecular weight is 433 g/mol. The van der Waals surface area contributed by atoms with Gasteiger partial charge in [0.25, 0.3) is 11.8 Å². The number of nitrogens with one attached hydrogen (secondary N) is 3. The van der Waals surface area contributed by atoms with Crippen LogP contribution in [-0.2, 0) is 4.79 Å². The highest BCUT2D eigenvalue weighted by Gasteiger charge is 2.11. The molecular formula is C25H24FN3O3. The van der Waals surface area contributed by atoms with Crippen LogP contribution in [0.2, 0.25) is 0 Å². The summed E-state index contributed by atoms with van der Waals surface area (Å²) in [6.07, 6.45) is 0.437. The number of hydrogen-bond donors (Lipinski definition) is 3. The average Bonchev–Trinajstić information content (AvgIpc) is 2.75. The van der Waals surface area contributed by atoms with Crippen molar-refractivity contribution in [2.45, 2.75) is 20.3 Å². The first kappa shape index (κ1) is 22.7. The van der Waals surface area contributed by atoms with Crippen LogP contribution in [0.1, 0.15) is 41.0 Å². The molecule has 0 heterocycles. The lowest BCUT2D eigenvalue weighted by molar-refractivity contribution is -0.116. The number of carbonyl (C=O) groups is 3. The summed E-state index contributed by atoms with van der Waals surface area (Å²) >= 11 is 0. The van der Waals surface area contributed by atoms with Crippen LogP contribution in [-0.4, -0.2) is 17.7 Å². The molecule has 0 saturated carbocycles. The van der Waals surface area contributed by atoms with Gasteiger partial charge in [-0.15, -0.1) is 0 Å². The Labute approximate surface area is 185 Å². The van der Waals surface area contributed by atoms with Crippen LogP contribution in [0, 0.1) is 11.7 Å². The molecule has 3 N–H and O–H groups in total. The third-order valence-electron chi connectivity index (χ3n) is 4.51. The molecule has 3 amide bonds. The molecule has 32 heavy (non-hydrogen) atoms. The van der Waals surface area contributed by atoms with Crippen molar-refractivity contribution >= 4 is 34.8 Å². The number of halogens is 1. The van der Waals surface area contributed by atoms with E-state index in [1.807, 2.05) is 13.8 Å². The minimum Gasteiger partial charge on any atom is -0.326 e. The van der Waals surface area contributed by atoms with Crippen molar-refractivity contribution in [3.05, 3.63) is 89.7 Å². The van der Waals surface area contributed by atoms with Gasteiger partial charge >= 0.3 is 0 Å². The molecule has 6 nitrogen and oxygen atoms in total. The van der Waals surface area contributed by atoms with E-state index in [1.165, 1.54) is 24.3 Å². The molecule has 164 valence electrons. The molecule has 0 aliphatic carbocycles. The topological polar surface area (TPSA) is 87.3 Å². The van der Waals surface area contributed by atoms with Crippen LogP contribution in [0.4, 0.5) is 21.5 Å². The molecule has 3 aromatic rings. The van der Waals surface area contributed by atoms with Crippen LogP contribution in [0.15, 0.2) is 72.8 Å². The molecule has 0 saturated heterocycles. The first-order valence-corrected chi connectivity index (χ1v) is 10.2. The monoisotopic (exact) mass is 433 g/mol. The van der Waals surface area contributed by atoms with E-state index in [2.05, 4.69) is 16.0 Å². The van der Waals surface area contributed by atoms with E-state index in [0.717, 1.165) is 0 Å². The molecule has 7 heteroatoms. The van der Waals surface area contributed by atoms with Crippen molar-refractivity contribution < 1.29 is 18.8 Å². The number of hydrogen-bond acceptors (Lipinski definition) is 3. The second-order valence-electron chi connectivity index (χ2n) is 7.72. The fourth-order valence-electron chi connectivity index (χ4n) is 2.97. The Kier molecular flexibility index (Phi) is 7.33. The standard InChI is InChI=1S/C25H24FN3O3/c1-16(2)14-23(30)27-20-10-12-21(13-11-20)28-25(32)18-4-3-5-22(15-18)29-24(31)17-6-8-19(26)9-7-17/h3-13,15-16H,14H2,1-2H3,(H,27,30)(H,28,32)(H,29,31). The van der Waals surface area contributed by atoms with E-state index in [0.29, 0.717) is 34.6 Å². The highest BCUT2D eigenvalue weighted by atomic mass is 19.1. The van der Waals surface area contributed by atoms with Crippen LogP contribution in [0.25, 0.3) is 0 Å². The van der Waals surface area contributed by atoms with E-state index in [1.54, 1.807) is 48.5 Å². The number of anilines is 3. The van der Waals surface area contributed by atoms with Crippen LogP contribution < -0.4 is 16.0 Å². The summed E-state index contributed by atoms with van der Waals surface area (Å²) in [7, 11) is 0. The van der Waals surface area contributed by atoms with Gasteiger partial charge in [0.15, 0.2) is 0 Å². The molecule has 0 aliphatic rings. The summed E-state index contributed by atoms with van der Waals surface area (Å²) in [5, 5.41) is 8.29. The smallest absolute Gasteiger partial charge is 0.255 e. The lowest BCUT2D eigenvalue weighted by Crippen LogP contribution is -2.15. The van der Waals surface area contributed by atoms with Gasteiger partial charge in [-0.2, -0.15) is 0 Å². The Morgan fingerprint density at radius 1 is 0.719 bits per heavy atom. The van der Waals surface area contributed by atoms with Gasteiger partial charge in [-0.05, 0) is 72.6 Å². The fraction of sp³-hybridized carbons (Fsp3) is 0.160. The van der Waals surface area contributed by atoms with Crippen LogP contribution in [0.3, 0.4) is 0 Å². The fourth-order valence-corrected chi connectivity index (χ4v) is 2.97. The molecule has 0 radical (unpaired) electrons. The van der Waals surface area contributed by atoms with Gasteiger partial charge in [-0.25, -0.2) is 4.39 Å². The second kappa shape index (κ2) is 10.3. The summed E-state index contributed by atoms with van der Waals surface area (Å²) < 4.78 is 13.0. The van der Waals surface area contributed by atoms with Gasteiger partial charge in [-0.1, -0.05) is 19.9 Å². The number of rotatable bonds is 7. The third kappa shape index (κ3) is 6.50.